The van der Waals surface area contributed by atoms with Crippen LogP contribution in [0.5, 0.6) is 0 Å². The summed E-state index contributed by atoms with van der Waals surface area (Å²) >= 11 is 2.57. The molecule has 0 aromatic rings. The minimum atomic E-state index is 0.640. The molecule has 0 atom stereocenters. The summed E-state index contributed by atoms with van der Waals surface area (Å²) in [5.74, 6) is 0. The van der Waals surface area contributed by atoms with Gasteiger partial charge in [-0.05, 0) is 31.2 Å². The van der Waals surface area contributed by atoms with Gasteiger partial charge in [0.05, 0.1) is 0 Å². The summed E-state index contributed by atoms with van der Waals surface area (Å²) in [7, 11) is 0. The number of alkyl halides is 1. The van der Waals surface area contributed by atoms with Gasteiger partial charge in [-0.2, -0.15) is 0 Å². The van der Waals surface area contributed by atoms with E-state index in [4.69, 9.17) is 5.73 Å². The Balaban J connectivity index is 2.04. The van der Waals surface area contributed by atoms with Crippen LogP contribution in [-0.2, 0) is 0 Å². The van der Waals surface area contributed by atoms with Crippen LogP contribution in [0.1, 0.15) is 19.3 Å². The van der Waals surface area contributed by atoms with Crippen molar-refractivity contribution in [2.45, 2.75) is 22.7 Å². The third kappa shape index (κ3) is 0.460. The second-order valence-corrected chi connectivity index (χ2v) is 5.67. The normalized spacial score (nSPS) is 59.2. The van der Waals surface area contributed by atoms with Crippen LogP contribution >= 0.6 is 22.6 Å². The minimum absolute atomic E-state index is 0.640. The Morgan fingerprint density at radius 1 is 1.38 bits per heavy atom. The van der Waals surface area contributed by atoms with Gasteiger partial charge >= 0.3 is 0 Å². The first-order valence-corrected chi connectivity index (χ1v) is 4.15. The molecule has 2 N–H and O–H groups in total. The highest BCUT2D eigenvalue weighted by Crippen LogP contribution is 2.71. The zero-order chi connectivity index (χ0) is 5.83. The lowest BCUT2D eigenvalue weighted by atomic mass is 9.44. The predicted octanol–water partition coefficient (Wildman–Crippen LogP) is 1.30. The van der Waals surface area contributed by atoms with Gasteiger partial charge in [0.25, 0.3) is 0 Å². The summed E-state index contributed by atoms with van der Waals surface area (Å²) in [5.41, 5.74) is 6.20. The average molecular weight is 223 g/mol. The van der Waals surface area contributed by atoms with Crippen LogP contribution in [0.3, 0.4) is 0 Å². The van der Waals surface area contributed by atoms with Crippen molar-refractivity contribution in [2.75, 3.05) is 6.54 Å². The molecular formula is C6H10IN. The molecule has 0 unspecified atom stereocenters. The number of rotatable bonds is 1. The molecule has 3 aliphatic rings. The Labute approximate surface area is 63.2 Å². The van der Waals surface area contributed by atoms with E-state index in [9.17, 15) is 0 Å². The molecule has 0 heterocycles. The number of hydrogen-bond acceptors (Lipinski definition) is 1. The molecule has 2 bridgehead atoms. The Kier molecular flexibility index (Phi) is 0.845. The van der Waals surface area contributed by atoms with Crippen LogP contribution in [0.4, 0.5) is 0 Å². The molecule has 0 spiro atoms. The second kappa shape index (κ2) is 1.24. The van der Waals surface area contributed by atoms with Crippen molar-refractivity contribution in [3.8, 4) is 0 Å². The molecule has 0 aromatic heterocycles. The van der Waals surface area contributed by atoms with Crippen molar-refractivity contribution in [2.24, 2.45) is 11.1 Å². The van der Waals surface area contributed by atoms with Gasteiger partial charge < -0.3 is 5.73 Å². The molecule has 3 rings (SSSR count). The fourth-order valence-corrected chi connectivity index (χ4v) is 4.50. The number of halogens is 1. The van der Waals surface area contributed by atoms with Gasteiger partial charge in [-0.3, -0.25) is 0 Å². The Hall–Kier alpha value is 0.690. The Morgan fingerprint density at radius 2 is 1.88 bits per heavy atom. The monoisotopic (exact) mass is 223 g/mol. The molecular weight excluding hydrogens is 213 g/mol. The molecule has 0 saturated heterocycles. The maximum atomic E-state index is 5.56. The van der Waals surface area contributed by atoms with Crippen LogP contribution < -0.4 is 5.73 Å². The quantitative estimate of drug-likeness (QED) is 0.526. The zero-order valence-corrected chi connectivity index (χ0v) is 6.94. The fourth-order valence-electron chi connectivity index (χ4n) is 2.08. The van der Waals surface area contributed by atoms with E-state index in [-0.39, 0.29) is 0 Å². The molecule has 8 heavy (non-hydrogen) atoms. The van der Waals surface area contributed by atoms with E-state index in [2.05, 4.69) is 22.6 Å². The van der Waals surface area contributed by atoms with Crippen molar-refractivity contribution in [3.05, 3.63) is 0 Å². The minimum Gasteiger partial charge on any atom is -0.330 e. The third-order valence-corrected chi connectivity index (χ3v) is 3.65. The van der Waals surface area contributed by atoms with Crippen molar-refractivity contribution in [1.29, 1.82) is 0 Å². The summed E-state index contributed by atoms with van der Waals surface area (Å²) in [4.78, 5) is 0. The van der Waals surface area contributed by atoms with Gasteiger partial charge in [-0.1, -0.05) is 22.6 Å². The molecule has 3 saturated carbocycles. The van der Waals surface area contributed by atoms with Crippen LogP contribution in [0.15, 0.2) is 0 Å². The molecule has 0 aliphatic heterocycles. The van der Waals surface area contributed by atoms with E-state index in [1.54, 1.807) is 0 Å². The van der Waals surface area contributed by atoms with E-state index in [1.807, 2.05) is 0 Å². The van der Waals surface area contributed by atoms with E-state index in [0.29, 0.717) is 5.41 Å². The molecule has 2 heteroatoms. The molecule has 1 nitrogen and oxygen atoms in total. The lowest BCUT2D eigenvalue weighted by molar-refractivity contribution is -0.0525. The molecule has 0 aromatic carbocycles. The van der Waals surface area contributed by atoms with Crippen LogP contribution in [0.2, 0.25) is 0 Å². The molecule has 3 fully saturated rings. The summed E-state index contributed by atoms with van der Waals surface area (Å²) in [5, 5.41) is 0. The largest absolute Gasteiger partial charge is 0.330 e. The first-order chi connectivity index (χ1) is 3.68. The smallest absolute Gasteiger partial charge is 0.0239 e. The van der Waals surface area contributed by atoms with Gasteiger partial charge in [-0.15, -0.1) is 0 Å². The first-order valence-electron chi connectivity index (χ1n) is 3.07. The van der Waals surface area contributed by atoms with Gasteiger partial charge in [-0.25, -0.2) is 0 Å². The number of hydrogen-bond donors (Lipinski definition) is 1. The summed E-state index contributed by atoms with van der Waals surface area (Å²) in [6.45, 7) is 0.928. The van der Waals surface area contributed by atoms with Gasteiger partial charge in [0.2, 0.25) is 0 Å². The van der Waals surface area contributed by atoms with Crippen molar-refractivity contribution < 1.29 is 0 Å². The third-order valence-electron chi connectivity index (χ3n) is 2.51. The van der Waals surface area contributed by atoms with Crippen molar-refractivity contribution >= 4 is 22.6 Å². The van der Waals surface area contributed by atoms with Crippen LogP contribution in [0, 0.1) is 5.41 Å². The molecule has 46 valence electrons. The SMILES string of the molecule is NCC12CC(I)(C1)C2. The average Bonchev–Trinajstić information content (AvgIpc) is 1.55. The first kappa shape index (κ1) is 5.47. The van der Waals surface area contributed by atoms with E-state index < -0.39 is 0 Å². The van der Waals surface area contributed by atoms with Crippen LogP contribution in [-0.4, -0.2) is 9.97 Å². The van der Waals surface area contributed by atoms with Crippen molar-refractivity contribution in [3.63, 3.8) is 0 Å². The maximum Gasteiger partial charge on any atom is 0.0239 e. The maximum absolute atomic E-state index is 5.56. The van der Waals surface area contributed by atoms with Gasteiger partial charge in [0.1, 0.15) is 0 Å². The summed E-state index contributed by atoms with van der Waals surface area (Å²) < 4.78 is 0.719. The lowest BCUT2D eigenvalue weighted by Crippen LogP contribution is -2.66. The molecule has 3 aliphatic carbocycles. The highest BCUT2D eigenvalue weighted by Gasteiger charge is 2.65. The van der Waals surface area contributed by atoms with Crippen molar-refractivity contribution in [1.82, 2.24) is 0 Å². The highest BCUT2D eigenvalue weighted by molar-refractivity contribution is 14.1. The molecule has 0 amide bonds. The topological polar surface area (TPSA) is 26.0 Å². The predicted molar refractivity (Wildman–Crippen MR) is 42.1 cm³/mol. The second-order valence-electron chi connectivity index (χ2n) is 3.39. The Morgan fingerprint density at radius 3 is 2.00 bits per heavy atom. The fraction of sp³-hybridized carbons (Fsp3) is 1.00. The van der Waals surface area contributed by atoms with Gasteiger partial charge in [0.15, 0.2) is 0 Å². The van der Waals surface area contributed by atoms with E-state index in [0.717, 1.165) is 9.97 Å². The number of nitrogens with two attached hydrogens (primary N) is 1. The Bertz CT molecular complexity index is 113. The zero-order valence-electron chi connectivity index (χ0n) is 4.78. The van der Waals surface area contributed by atoms with E-state index >= 15 is 0 Å². The standard InChI is InChI=1S/C6H10IN/c7-6-1-5(2-6,3-6)4-8/h1-4,8H2. The summed E-state index contributed by atoms with van der Waals surface area (Å²) in [6.07, 6.45) is 4.20. The molecule has 0 radical (unpaired) electrons. The lowest BCUT2D eigenvalue weighted by Gasteiger charge is -2.68. The van der Waals surface area contributed by atoms with Gasteiger partial charge in [0, 0.05) is 3.42 Å². The van der Waals surface area contributed by atoms with E-state index in [1.165, 1.54) is 19.3 Å². The highest BCUT2D eigenvalue weighted by atomic mass is 127. The summed E-state index contributed by atoms with van der Waals surface area (Å²) in [6, 6.07) is 0. The van der Waals surface area contributed by atoms with Crippen LogP contribution in [0.25, 0.3) is 0 Å².